The van der Waals surface area contributed by atoms with Crippen LogP contribution in [0.25, 0.3) is 0 Å². The largest absolute Gasteiger partial charge is 0.348 e. The topological polar surface area (TPSA) is 38.8 Å². The summed E-state index contributed by atoms with van der Waals surface area (Å²) in [5, 5.41) is 6.62. The molecule has 2 bridgehead atoms. The zero-order chi connectivity index (χ0) is 19.0. The second kappa shape index (κ2) is 7.21. The lowest BCUT2D eigenvalue weighted by molar-refractivity contribution is -0.118. The average molecular weight is 376 g/mol. The highest BCUT2D eigenvalue weighted by Crippen LogP contribution is 2.26. The number of nitrogens with one attached hydrogen (secondary N) is 1. The van der Waals surface area contributed by atoms with Crippen molar-refractivity contribution in [2.75, 3.05) is 26.3 Å². The van der Waals surface area contributed by atoms with Crippen molar-refractivity contribution in [2.45, 2.75) is 13.0 Å². The van der Waals surface area contributed by atoms with Gasteiger partial charge in [0.15, 0.2) is 0 Å². The van der Waals surface area contributed by atoms with Crippen LogP contribution in [0.1, 0.15) is 12.0 Å². The van der Waals surface area contributed by atoms with Gasteiger partial charge in [0.1, 0.15) is 17.5 Å². The Morgan fingerprint density at radius 2 is 1.85 bits per heavy atom. The molecule has 4 rings (SSSR count). The molecule has 142 valence electrons. The van der Waals surface area contributed by atoms with Gasteiger partial charge in [0.05, 0.1) is 6.67 Å². The van der Waals surface area contributed by atoms with Crippen LogP contribution in [0, 0.1) is 17.5 Å². The molecular formula is C19H19F3N4O. The Hall–Kier alpha value is -2.58. The van der Waals surface area contributed by atoms with Crippen LogP contribution in [-0.2, 0) is 11.3 Å². The molecule has 3 heterocycles. The van der Waals surface area contributed by atoms with E-state index in [2.05, 4.69) is 27.4 Å². The summed E-state index contributed by atoms with van der Waals surface area (Å²) >= 11 is 0. The standard InChI is InChI=1S/C19H19F3N4O/c20-14-7-17(21)16(18(22)8-14)9-23-19(27)13-3-4-15-11-24-5-1-2-6-25(12-24)26(15)10-13/h1-2,4,7-8,10H,3,5-6,9,11-12H2,(H,23,27). The summed E-state index contributed by atoms with van der Waals surface area (Å²) in [4.78, 5) is 14.8. The number of hydrogen-bond acceptors (Lipinski definition) is 4. The smallest absolute Gasteiger partial charge is 0.249 e. The maximum Gasteiger partial charge on any atom is 0.249 e. The van der Waals surface area contributed by atoms with E-state index in [1.54, 1.807) is 6.20 Å². The number of hydrogen-bond donors (Lipinski definition) is 1. The van der Waals surface area contributed by atoms with Gasteiger partial charge in [-0.25, -0.2) is 13.2 Å². The zero-order valence-electron chi connectivity index (χ0n) is 14.6. The Kier molecular flexibility index (Phi) is 4.75. The number of carbonyl (C=O) groups is 1. The van der Waals surface area contributed by atoms with Crippen LogP contribution in [0.4, 0.5) is 13.2 Å². The molecule has 1 aromatic rings. The molecule has 5 nitrogen and oxygen atoms in total. The molecule has 0 saturated carbocycles. The van der Waals surface area contributed by atoms with Crippen LogP contribution >= 0.6 is 0 Å². The molecule has 0 aliphatic carbocycles. The van der Waals surface area contributed by atoms with E-state index < -0.39 is 23.4 Å². The Balaban J connectivity index is 1.46. The van der Waals surface area contributed by atoms with Crippen molar-refractivity contribution >= 4 is 5.91 Å². The Bertz CT molecular complexity index is 842. The fraction of sp³-hybridized carbons (Fsp3) is 0.316. The lowest BCUT2D eigenvalue weighted by Crippen LogP contribution is -2.53. The third-order valence-corrected chi connectivity index (χ3v) is 4.85. The monoisotopic (exact) mass is 376 g/mol. The third kappa shape index (κ3) is 3.63. The predicted molar refractivity (Wildman–Crippen MR) is 93.1 cm³/mol. The summed E-state index contributed by atoms with van der Waals surface area (Å²) < 4.78 is 40.4. The number of halogens is 3. The summed E-state index contributed by atoms with van der Waals surface area (Å²) in [7, 11) is 0. The molecule has 3 aliphatic rings. The third-order valence-electron chi connectivity index (χ3n) is 4.85. The van der Waals surface area contributed by atoms with E-state index >= 15 is 0 Å². The molecule has 27 heavy (non-hydrogen) atoms. The van der Waals surface area contributed by atoms with Gasteiger partial charge >= 0.3 is 0 Å². The van der Waals surface area contributed by atoms with Gasteiger partial charge in [-0.05, 0) is 6.42 Å². The number of rotatable bonds is 3. The van der Waals surface area contributed by atoms with E-state index in [1.165, 1.54) is 0 Å². The molecular weight excluding hydrogens is 357 g/mol. The number of allylic oxidation sites excluding steroid dienone is 1. The van der Waals surface area contributed by atoms with Crippen molar-refractivity contribution in [3.05, 3.63) is 70.8 Å². The first-order chi connectivity index (χ1) is 13.0. The van der Waals surface area contributed by atoms with Crippen molar-refractivity contribution in [1.29, 1.82) is 0 Å². The normalized spacial score (nSPS) is 23.9. The van der Waals surface area contributed by atoms with Gasteiger partial charge < -0.3 is 5.32 Å². The molecule has 2 unspecified atom stereocenters. The Morgan fingerprint density at radius 1 is 1.11 bits per heavy atom. The average Bonchev–Trinajstić information content (AvgIpc) is 2.82. The molecule has 1 aromatic carbocycles. The van der Waals surface area contributed by atoms with Crippen LogP contribution in [0.2, 0.25) is 0 Å². The molecule has 1 amide bonds. The zero-order valence-corrected chi connectivity index (χ0v) is 14.6. The molecule has 1 fully saturated rings. The lowest BCUT2D eigenvalue weighted by atomic mass is 10.1. The fourth-order valence-electron chi connectivity index (χ4n) is 3.45. The molecule has 8 heteroatoms. The summed E-state index contributed by atoms with van der Waals surface area (Å²) in [5.74, 6) is -3.42. The highest BCUT2D eigenvalue weighted by Gasteiger charge is 2.30. The van der Waals surface area contributed by atoms with E-state index in [4.69, 9.17) is 0 Å². The summed E-state index contributed by atoms with van der Waals surface area (Å²) in [6, 6.07) is 1.21. The highest BCUT2D eigenvalue weighted by molar-refractivity contribution is 5.93. The molecule has 0 radical (unpaired) electrons. The first kappa shape index (κ1) is 17.8. The van der Waals surface area contributed by atoms with Crippen LogP contribution in [0.15, 0.2) is 47.8 Å². The van der Waals surface area contributed by atoms with Crippen molar-refractivity contribution in [2.24, 2.45) is 0 Å². The van der Waals surface area contributed by atoms with Crippen molar-refractivity contribution in [3.63, 3.8) is 0 Å². The number of amides is 1. The molecule has 0 spiro atoms. The quantitative estimate of drug-likeness (QED) is 0.822. The van der Waals surface area contributed by atoms with Gasteiger partial charge in [-0.3, -0.25) is 14.7 Å². The van der Waals surface area contributed by atoms with E-state index in [9.17, 15) is 18.0 Å². The first-order valence-electron chi connectivity index (χ1n) is 8.74. The maximum absolute atomic E-state index is 13.7. The van der Waals surface area contributed by atoms with Crippen molar-refractivity contribution in [3.8, 4) is 0 Å². The van der Waals surface area contributed by atoms with E-state index in [-0.39, 0.29) is 12.1 Å². The van der Waals surface area contributed by atoms with Crippen LogP contribution in [0.5, 0.6) is 0 Å². The molecule has 0 aromatic heterocycles. The predicted octanol–water partition coefficient (Wildman–Crippen LogP) is 2.25. The van der Waals surface area contributed by atoms with Crippen LogP contribution in [0.3, 0.4) is 0 Å². The minimum Gasteiger partial charge on any atom is -0.348 e. The van der Waals surface area contributed by atoms with Crippen molar-refractivity contribution in [1.82, 2.24) is 20.2 Å². The second-order valence-electron chi connectivity index (χ2n) is 6.74. The maximum atomic E-state index is 13.7. The van der Waals surface area contributed by atoms with Gasteiger partial charge in [0.2, 0.25) is 5.91 Å². The lowest BCUT2D eigenvalue weighted by Gasteiger charge is -2.44. The van der Waals surface area contributed by atoms with Crippen LogP contribution in [-0.4, -0.2) is 47.1 Å². The Morgan fingerprint density at radius 3 is 2.63 bits per heavy atom. The number of hydrazine groups is 1. The molecule has 2 atom stereocenters. The van der Waals surface area contributed by atoms with Gasteiger partial charge in [-0.2, -0.15) is 5.01 Å². The fourth-order valence-corrected chi connectivity index (χ4v) is 3.45. The van der Waals surface area contributed by atoms with Crippen molar-refractivity contribution < 1.29 is 18.0 Å². The first-order valence-corrected chi connectivity index (χ1v) is 8.74. The minimum absolute atomic E-state index is 0.342. The van der Waals surface area contributed by atoms with Crippen LogP contribution < -0.4 is 5.32 Å². The molecule has 1 saturated heterocycles. The number of fused-ring (bicyclic) bond motifs is 4. The Labute approximate surface area is 155 Å². The minimum atomic E-state index is -1.01. The van der Waals surface area contributed by atoms with Gasteiger partial charge in [-0.15, -0.1) is 0 Å². The van der Waals surface area contributed by atoms with Gasteiger partial charge in [0, 0.05) is 61.3 Å². The second-order valence-corrected chi connectivity index (χ2v) is 6.74. The highest BCUT2D eigenvalue weighted by atomic mass is 19.1. The molecule has 3 aliphatic heterocycles. The van der Waals surface area contributed by atoms with E-state index in [0.29, 0.717) is 24.1 Å². The summed E-state index contributed by atoms with van der Waals surface area (Å²) in [6.07, 6.45) is 8.44. The van der Waals surface area contributed by atoms with Gasteiger partial charge in [-0.1, -0.05) is 18.2 Å². The van der Waals surface area contributed by atoms with E-state index in [1.807, 2.05) is 11.1 Å². The SMILES string of the molecule is O=C(NCc1c(F)cc(F)cc1F)C1=CN2C(=CC1)CN1CC=CCN2C1. The number of nitrogens with zero attached hydrogens (tertiary/aromatic N) is 3. The summed E-state index contributed by atoms with van der Waals surface area (Å²) in [5.41, 5.74) is 1.25. The summed E-state index contributed by atoms with van der Waals surface area (Å²) in [6.45, 7) is 2.86. The number of carbonyl (C=O) groups excluding carboxylic acids is 1. The van der Waals surface area contributed by atoms with E-state index in [0.717, 1.165) is 32.0 Å². The number of benzene rings is 1. The molecule has 1 N–H and O–H groups in total. The van der Waals surface area contributed by atoms with Gasteiger partial charge in [0.25, 0.3) is 0 Å².